The zero-order valence-corrected chi connectivity index (χ0v) is 13.5. The number of nitrogens with zero attached hydrogens (tertiary/aromatic N) is 1. The molecule has 3 N–H and O–H groups in total. The maximum absolute atomic E-state index is 12.8. The van der Waals surface area contributed by atoms with Gasteiger partial charge in [0, 0.05) is 34.0 Å². The van der Waals surface area contributed by atoms with Crippen molar-refractivity contribution in [2.45, 2.75) is 13.8 Å². The molecule has 0 fully saturated rings. The van der Waals surface area contributed by atoms with E-state index in [9.17, 15) is 9.90 Å². The van der Waals surface area contributed by atoms with Gasteiger partial charge in [-0.15, -0.1) is 0 Å². The number of hydrogen-bond donors (Lipinski definition) is 2. The molecule has 0 spiro atoms. The third-order valence-electron chi connectivity index (χ3n) is 3.35. The van der Waals surface area contributed by atoms with Gasteiger partial charge in [-0.2, -0.15) is 0 Å². The predicted octanol–water partition coefficient (Wildman–Crippen LogP) is 3.71. The Labute approximate surface area is 132 Å². The molecule has 0 aliphatic rings. The number of amides is 1. The van der Waals surface area contributed by atoms with Gasteiger partial charge < -0.3 is 15.7 Å². The number of carbonyl (C=O) groups excluding carboxylic acids is 1. The first-order valence-electron chi connectivity index (χ1n) is 6.60. The van der Waals surface area contributed by atoms with Crippen molar-refractivity contribution in [2.24, 2.45) is 0 Å². The number of nitrogen functional groups attached to an aromatic ring is 1. The van der Waals surface area contributed by atoms with Gasteiger partial charge in [-0.3, -0.25) is 4.79 Å². The third kappa shape index (κ3) is 3.19. The Morgan fingerprint density at radius 1 is 1.33 bits per heavy atom. The molecule has 0 unspecified atom stereocenters. The van der Waals surface area contributed by atoms with Crippen LogP contribution in [0.3, 0.4) is 0 Å². The molecule has 110 valence electrons. The molecule has 0 aliphatic heterocycles. The number of phenols is 1. The number of aromatic hydroxyl groups is 1. The predicted molar refractivity (Wildman–Crippen MR) is 88.7 cm³/mol. The highest BCUT2D eigenvalue weighted by molar-refractivity contribution is 9.10. The van der Waals surface area contributed by atoms with Crippen LogP contribution in [-0.4, -0.2) is 17.6 Å². The summed E-state index contributed by atoms with van der Waals surface area (Å²) >= 11 is 3.36. The van der Waals surface area contributed by atoms with E-state index in [0.717, 1.165) is 10.0 Å². The van der Waals surface area contributed by atoms with Crippen LogP contribution in [0.15, 0.2) is 40.9 Å². The van der Waals surface area contributed by atoms with Crippen LogP contribution in [0, 0.1) is 6.92 Å². The Kier molecular flexibility index (Phi) is 4.53. The summed E-state index contributed by atoms with van der Waals surface area (Å²) in [5, 5.41) is 9.59. The van der Waals surface area contributed by atoms with E-state index in [0.29, 0.717) is 23.5 Å². The van der Waals surface area contributed by atoms with E-state index in [-0.39, 0.29) is 11.7 Å². The van der Waals surface area contributed by atoms with Gasteiger partial charge in [0.25, 0.3) is 5.91 Å². The lowest BCUT2D eigenvalue weighted by Gasteiger charge is -2.22. The molecule has 0 aliphatic carbocycles. The van der Waals surface area contributed by atoms with Crippen molar-refractivity contribution in [3.8, 4) is 5.75 Å². The van der Waals surface area contributed by atoms with Crippen molar-refractivity contribution in [3.05, 3.63) is 52.0 Å². The molecule has 21 heavy (non-hydrogen) atoms. The molecule has 0 heterocycles. The maximum Gasteiger partial charge on any atom is 0.258 e. The van der Waals surface area contributed by atoms with E-state index in [1.165, 1.54) is 0 Å². The van der Waals surface area contributed by atoms with Gasteiger partial charge in [-0.05, 0) is 43.7 Å². The second-order valence-corrected chi connectivity index (χ2v) is 5.65. The van der Waals surface area contributed by atoms with Crippen molar-refractivity contribution < 1.29 is 9.90 Å². The second-order valence-electron chi connectivity index (χ2n) is 4.74. The monoisotopic (exact) mass is 348 g/mol. The fraction of sp³-hybridized carbons (Fsp3) is 0.188. The molecular formula is C16H17BrN2O2. The summed E-state index contributed by atoms with van der Waals surface area (Å²) in [6, 6.07) is 10.2. The second kappa shape index (κ2) is 6.18. The molecule has 0 saturated carbocycles. The molecule has 2 aromatic carbocycles. The summed E-state index contributed by atoms with van der Waals surface area (Å²) in [6.07, 6.45) is 0. The summed E-state index contributed by atoms with van der Waals surface area (Å²) in [6.45, 7) is 4.21. The van der Waals surface area contributed by atoms with E-state index in [1.54, 1.807) is 41.3 Å². The lowest BCUT2D eigenvalue weighted by atomic mass is 10.1. The van der Waals surface area contributed by atoms with Crippen molar-refractivity contribution in [1.29, 1.82) is 0 Å². The molecular weight excluding hydrogens is 332 g/mol. The fourth-order valence-electron chi connectivity index (χ4n) is 2.17. The van der Waals surface area contributed by atoms with Crippen LogP contribution in [0.25, 0.3) is 0 Å². The molecule has 0 bridgehead atoms. The van der Waals surface area contributed by atoms with E-state index in [4.69, 9.17) is 5.73 Å². The first-order chi connectivity index (χ1) is 9.93. The number of rotatable bonds is 3. The van der Waals surface area contributed by atoms with Crippen LogP contribution < -0.4 is 10.6 Å². The van der Waals surface area contributed by atoms with Crippen molar-refractivity contribution in [3.63, 3.8) is 0 Å². The van der Waals surface area contributed by atoms with Gasteiger partial charge in [0.05, 0.1) is 0 Å². The largest absolute Gasteiger partial charge is 0.508 e. The van der Waals surface area contributed by atoms with Gasteiger partial charge in [0.1, 0.15) is 5.75 Å². The average molecular weight is 349 g/mol. The van der Waals surface area contributed by atoms with Gasteiger partial charge in [0.15, 0.2) is 0 Å². The van der Waals surface area contributed by atoms with Gasteiger partial charge in [-0.25, -0.2) is 0 Å². The van der Waals surface area contributed by atoms with Crippen LogP contribution in [0.2, 0.25) is 0 Å². The van der Waals surface area contributed by atoms with Crippen molar-refractivity contribution in [2.75, 3.05) is 17.2 Å². The fourth-order valence-corrected chi connectivity index (χ4v) is 2.65. The Hall–Kier alpha value is -2.01. The Morgan fingerprint density at radius 3 is 2.67 bits per heavy atom. The van der Waals surface area contributed by atoms with Crippen molar-refractivity contribution in [1.82, 2.24) is 0 Å². The molecule has 2 aromatic rings. The first kappa shape index (κ1) is 15.4. The normalized spacial score (nSPS) is 10.4. The molecule has 2 rings (SSSR count). The van der Waals surface area contributed by atoms with Crippen LogP contribution in [0.5, 0.6) is 5.75 Å². The summed E-state index contributed by atoms with van der Waals surface area (Å²) < 4.78 is 0.765. The van der Waals surface area contributed by atoms with E-state index < -0.39 is 0 Å². The lowest BCUT2D eigenvalue weighted by Crippen LogP contribution is -2.31. The number of hydrogen-bond acceptors (Lipinski definition) is 3. The number of carbonyl (C=O) groups is 1. The summed E-state index contributed by atoms with van der Waals surface area (Å²) in [5.74, 6) is -0.0159. The molecule has 0 aromatic heterocycles. The number of benzene rings is 2. The molecule has 4 nitrogen and oxygen atoms in total. The summed E-state index contributed by atoms with van der Waals surface area (Å²) in [7, 11) is 0. The Balaban J connectivity index is 2.46. The molecule has 5 heteroatoms. The minimum Gasteiger partial charge on any atom is -0.508 e. The molecule has 0 saturated heterocycles. The molecule has 0 radical (unpaired) electrons. The third-order valence-corrected chi connectivity index (χ3v) is 3.80. The van der Waals surface area contributed by atoms with Gasteiger partial charge in [-0.1, -0.05) is 22.0 Å². The quantitative estimate of drug-likeness (QED) is 0.830. The minimum atomic E-state index is -0.145. The van der Waals surface area contributed by atoms with Crippen LogP contribution in [0.1, 0.15) is 22.8 Å². The van der Waals surface area contributed by atoms with Gasteiger partial charge >= 0.3 is 0 Å². The number of nitrogens with two attached hydrogens (primary N) is 1. The minimum absolute atomic E-state index is 0.129. The summed E-state index contributed by atoms with van der Waals surface area (Å²) in [4.78, 5) is 14.4. The first-order valence-corrected chi connectivity index (χ1v) is 7.40. The highest BCUT2D eigenvalue weighted by atomic mass is 79.9. The molecule has 0 atom stereocenters. The SMILES string of the molecule is CCN(C(=O)c1cc(Br)cc(N)c1C)c1cccc(O)c1. The Morgan fingerprint density at radius 2 is 2.05 bits per heavy atom. The topological polar surface area (TPSA) is 66.6 Å². The number of halogens is 1. The van der Waals surface area contributed by atoms with E-state index in [1.807, 2.05) is 13.8 Å². The lowest BCUT2D eigenvalue weighted by molar-refractivity contribution is 0.0987. The number of phenolic OH excluding ortho intramolecular Hbond substituents is 1. The maximum atomic E-state index is 12.8. The smallest absolute Gasteiger partial charge is 0.258 e. The van der Waals surface area contributed by atoms with Crippen LogP contribution in [0.4, 0.5) is 11.4 Å². The van der Waals surface area contributed by atoms with E-state index >= 15 is 0 Å². The summed E-state index contributed by atoms with van der Waals surface area (Å²) in [5.41, 5.74) is 8.45. The molecule has 1 amide bonds. The highest BCUT2D eigenvalue weighted by Crippen LogP contribution is 2.27. The highest BCUT2D eigenvalue weighted by Gasteiger charge is 2.19. The standard InChI is InChI=1S/C16H17BrN2O2/c1-3-19(12-5-4-6-13(20)9-12)16(21)14-7-11(17)8-15(18)10(14)2/h4-9,20H,3,18H2,1-2H3. The number of anilines is 2. The van der Waals surface area contributed by atoms with Crippen LogP contribution >= 0.6 is 15.9 Å². The van der Waals surface area contributed by atoms with Crippen molar-refractivity contribution >= 4 is 33.2 Å². The zero-order valence-electron chi connectivity index (χ0n) is 11.9. The average Bonchev–Trinajstić information content (AvgIpc) is 2.43. The van der Waals surface area contributed by atoms with E-state index in [2.05, 4.69) is 15.9 Å². The van der Waals surface area contributed by atoms with Crippen LogP contribution in [-0.2, 0) is 0 Å². The Bertz CT molecular complexity index is 686. The van der Waals surface area contributed by atoms with Gasteiger partial charge in [0.2, 0.25) is 0 Å². The zero-order chi connectivity index (χ0) is 15.6.